The Morgan fingerprint density at radius 3 is 2.27 bits per heavy atom. The van der Waals surface area contributed by atoms with Crippen LogP contribution in [-0.2, 0) is 6.42 Å². The van der Waals surface area contributed by atoms with Crippen molar-refractivity contribution in [3.05, 3.63) is 105 Å². The molecule has 0 saturated carbocycles. The summed E-state index contributed by atoms with van der Waals surface area (Å²) in [5.74, 6) is -0.637. The number of nitrogens with one attached hydrogen (secondary N) is 2. The first-order chi connectivity index (χ1) is 19.2. The molecular weight excluding hydrogens is 540 g/mol. The Morgan fingerprint density at radius 2 is 1.62 bits per heavy atom. The maximum Gasteiger partial charge on any atom is 0.267 e. The molecule has 2 heterocycles. The van der Waals surface area contributed by atoms with E-state index in [9.17, 15) is 9.59 Å². The minimum atomic E-state index is -0.328. The fourth-order valence-corrected chi connectivity index (χ4v) is 5.94. The van der Waals surface area contributed by atoms with E-state index in [2.05, 4.69) is 17.6 Å². The van der Waals surface area contributed by atoms with Gasteiger partial charge >= 0.3 is 0 Å². The van der Waals surface area contributed by atoms with Crippen LogP contribution in [0.25, 0.3) is 21.3 Å². The number of carbonyl (C=O) groups excluding carboxylic acids is 2. The zero-order valence-electron chi connectivity index (χ0n) is 22.7. The highest BCUT2D eigenvalue weighted by Crippen LogP contribution is 2.43. The molecule has 202 valence electrons. The number of anilines is 3. The van der Waals surface area contributed by atoms with Crippen LogP contribution in [0.5, 0.6) is 0 Å². The van der Waals surface area contributed by atoms with Gasteiger partial charge in [-0.15, -0.1) is 11.3 Å². The third kappa shape index (κ3) is 5.30. The van der Waals surface area contributed by atoms with Gasteiger partial charge in [0.2, 0.25) is 0 Å². The molecule has 0 aliphatic carbocycles. The molecule has 0 aliphatic heterocycles. The molecule has 5 rings (SSSR count). The molecule has 0 unspecified atom stereocenters. The number of aryl methyl sites for hydroxylation is 4. The van der Waals surface area contributed by atoms with Gasteiger partial charge in [-0.2, -0.15) is 0 Å². The second kappa shape index (κ2) is 11.1. The lowest BCUT2D eigenvalue weighted by atomic mass is 9.94. The van der Waals surface area contributed by atoms with Gasteiger partial charge in [-0.1, -0.05) is 60.5 Å². The Hall–Kier alpha value is -4.20. The van der Waals surface area contributed by atoms with Crippen LogP contribution in [0, 0.1) is 20.8 Å². The Balaban J connectivity index is 1.64. The zero-order chi connectivity index (χ0) is 28.6. The maximum absolute atomic E-state index is 13.8. The lowest BCUT2D eigenvalue weighted by Crippen LogP contribution is -2.17. The summed E-state index contributed by atoms with van der Waals surface area (Å²) in [6, 6.07) is 20.8. The number of hydrogen-bond donors (Lipinski definition) is 3. The fourth-order valence-electron chi connectivity index (χ4n) is 4.77. The predicted molar refractivity (Wildman–Crippen MR) is 167 cm³/mol. The summed E-state index contributed by atoms with van der Waals surface area (Å²) < 4.78 is 0. The highest BCUT2D eigenvalue weighted by Gasteiger charge is 2.27. The Bertz CT molecular complexity index is 1760. The van der Waals surface area contributed by atoms with Gasteiger partial charge in [0.05, 0.1) is 16.9 Å². The second-order valence-electron chi connectivity index (χ2n) is 9.76. The summed E-state index contributed by atoms with van der Waals surface area (Å²) in [6.45, 7) is 7.83. The Labute approximate surface area is 242 Å². The zero-order valence-corrected chi connectivity index (χ0v) is 24.3. The SMILES string of the molecule is CCc1ccc(NC(=O)c2sc3nc(C)c(C(=O)Nc4ccc(C)cc4C)c(-c4ccc(Cl)cc4)c3c2N)cc1. The number of nitrogen functional groups attached to an aromatic ring is 1. The van der Waals surface area contributed by atoms with Gasteiger partial charge in [-0.3, -0.25) is 9.59 Å². The molecule has 3 aromatic carbocycles. The molecule has 0 radical (unpaired) electrons. The standard InChI is InChI=1S/C32H29ClN4O2S/c1-5-20-7-13-23(14-8-20)36-31(39)29-28(34)27-26(21-9-11-22(33)12-10-21)25(19(4)35-32(27)40-29)30(38)37-24-15-6-17(2)16-18(24)3/h6-16H,5,34H2,1-4H3,(H,36,39)(H,37,38). The smallest absolute Gasteiger partial charge is 0.267 e. The molecule has 0 fully saturated rings. The predicted octanol–water partition coefficient (Wildman–Crippen LogP) is 8.19. The first-order valence-electron chi connectivity index (χ1n) is 12.9. The highest BCUT2D eigenvalue weighted by molar-refractivity contribution is 7.21. The van der Waals surface area contributed by atoms with Crippen molar-refractivity contribution in [2.45, 2.75) is 34.1 Å². The van der Waals surface area contributed by atoms with Crippen LogP contribution in [0.2, 0.25) is 5.02 Å². The molecule has 2 amide bonds. The van der Waals surface area contributed by atoms with E-state index in [1.165, 1.54) is 16.9 Å². The number of hydrogen-bond acceptors (Lipinski definition) is 5. The molecule has 0 atom stereocenters. The number of rotatable bonds is 6. The van der Waals surface area contributed by atoms with Gasteiger partial charge in [-0.05, 0) is 74.2 Å². The van der Waals surface area contributed by atoms with Gasteiger partial charge in [0, 0.05) is 27.3 Å². The molecular formula is C32H29ClN4O2S. The van der Waals surface area contributed by atoms with Crippen LogP contribution in [-0.4, -0.2) is 16.8 Å². The van der Waals surface area contributed by atoms with Gasteiger partial charge in [-0.25, -0.2) is 4.98 Å². The van der Waals surface area contributed by atoms with Crippen molar-refractivity contribution < 1.29 is 9.59 Å². The summed E-state index contributed by atoms with van der Waals surface area (Å²) >= 11 is 7.40. The lowest BCUT2D eigenvalue weighted by molar-refractivity contribution is 0.102. The van der Waals surface area contributed by atoms with Crippen molar-refractivity contribution >= 4 is 62.0 Å². The third-order valence-corrected chi connectivity index (χ3v) is 8.22. The average Bonchev–Trinajstić information content (AvgIpc) is 3.26. The van der Waals surface area contributed by atoms with Gasteiger partial charge in [0.15, 0.2) is 0 Å². The number of thiophene rings is 1. The van der Waals surface area contributed by atoms with Crippen LogP contribution in [0.4, 0.5) is 17.1 Å². The molecule has 40 heavy (non-hydrogen) atoms. The number of halogens is 1. The number of amides is 2. The summed E-state index contributed by atoms with van der Waals surface area (Å²) in [4.78, 5) is 32.8. The molecule has 2 aromatic heterocycles. The molecule has 0 saturated heterocycles. The highest BCUT2D eigenvalue weighted by atomic mass is 35.5. The van der Waals surface area contributed by atoms with Crippen molar-refractivity contribution in [2.24, 2.45) is 0 Å². The summed E-state index contributed by atoms with van der Waals surface area (Å²) in [7, 11) is 0. The van der Waals surface area contributed by atoms with Crippen molar-refractivity contribution in [3.8, 4) is 11.1 Å². The fraction of sp³-hybridized carbons (Fsp3) is 0.156. The van der Waals surface area contributed by atoms with Crippen LogP contribution < -0.4 is 16.4 Å². The molecule has 0 spiro atoms. The first kappa shape index (κ1) is 27.4. The Morgan fingerprint density at radius 1 is 0.925 bits per heavy atom. The van der Waals surface area contributed by atoms with Gasteiger partial charge in [0.1, 0.15) is 9.71 Å². The van der Waals surface area contributed by atoms with Crippen molar-refractivity contribution in [1.82, 2.24) is 4.98 Å². The summed E-state index contributed by atoms with van der Waals surface area (Å²) in [5, 5.41) is 7.12. The largest absolute Gasteiger partial charge is 0.397 e. The lowest BCUT2D eigenvalue weighted by Gasteiger charge is -2.16. The third-order valence-electron chi connectivity index (χ3n) is 6.87. The maximum atomic E-state index is 13.8. The van der Waals surface area contributed by atoms with E-state index in [-0.39, 0.29) is 17.5 Å². The van der Waals surface area contributed by atoms with E-state index in [4.69, 9.17) is 22.3 Å². The van der Waals surface area contributed by atoms with E-state index in [0.717, 1.165) is 23.1 Å². The molecule has 5 aromatic rings. The molecule has 0 aliphatic rings. The number of aromatic nitrogens is 1. The van der Waals surface area contributed by atoms with Crippen LogP contribution >= 0.6 is 22.9 Å². The monoisotopic (exact) mass is 568 g/mol. The number of nitrogens with two attached hydrogens (primary N) is 1. The minimum absolute atomic E-state index is 0.278. The Kier molecular flexibility index (Phi) is 7.61. The van der Waals surface area contributed by atoms with Crippen LogP contribution in [0.1, 0.15) is 49.3 Å². The van der Waals surface area contributed by atoms with Gasteiger partial charge in [0.25, 0.3) is 11.8 Å². The summed E-state index contributed by atoms with van der Waals surface area (Å²) in [6.07, 6.45) is 0.912. The second-order valence-corrected chi connectivity index (χ2v) is 11.2. The molecule has 8 heteroatoms. The van der Waals surface area contributed by atoms with Crippen molar-refractivity contribution in [2.75, 3.05) is 16.4 Å². The summed E-state index contributed by atoms with van der Waals surface area (Å²) in [5.41, 5.74) is 13.9. The molecule has 0 bridgehead atoms. The first-order valence-corrected chi connectivity index (χ1v) is 14.1. The molecule has 4 N–H and O–H groups in total. The van der Waals surface area contributed by atoms with E-state index >= 15 is 0 Å². The van der Waals surface area contributed by atoms with Crippen LogP contribution in [0.3, 0.4) is 0 Å². The van der Waals surface area contributed by atoms with Crippen molar-refractivity contribution in [3.63, 3.8) is 0 Å². The van der Waals surface area contributed by atoms with Gasteiger partial charge < -0.3 is 16.4 Å². The van der Waals surface area contributed by atoms with E-state index < -0.39 is 0 Å². The van der Waals surface area contributed by atoms with Crippen LogP contribution in [0.15, 0.2) is 66.7 Å². The number of benzene rings is 3. The normalized spacial score (nSPS) is 11.0. The van der Waals surface area contributed by atoms with E-state index in [1.54, 1.807) is 19.1 Å². The molecule has 6 nitrogen and oxygen atoms in total. The quantitative estimate of drug-likeness (QED) is 0.192. The minimum Gasteiger partial charge on any atom is -0.397 e. The van der Waals surface area contributed by atoms with E-state index in [0.29, 0.717) is 48.3 Å². The van der Waals surface area contributed by atoms with Crippen molar-refractivity contribution in [1.29, 1.82) is 0 Å². The average molecular weight is 569 g/mol. The topological polar surface area (TPSA) is 97.1 Å². The number of pyridine rings is 1. The number of carbonyl (C=O) groups is 2. The van der Waals surface area contributed by atoms with E-state index in [1.807, 2.05) is 68.4 Å². The number of fused-ring (bicyclic) bond motifs is 1. The number of nitrogens with zero attached hydrogens (tertiary/aromatic N) is 1.